The molecule has 4 aromatic rings. The summed E-state index contributed by atoms with van der Waals surface area (Å²) in [4.78, 5) is 41.7. The Bertz CT molecular complexity index is 1310. The maximum atomic E-state index is 12.7. The van der Waals surface area contributed by atoms with Gasteiger partial charge in [0.25, 0.3) is 0 Å². The van der Waals surface area contributed by atoms with E-state index in [1.165, 1.54) is 20.5 Å². The highest BCUT2D eigenvalue weighted by atomic mass is 32.1. The molecule has 0 saturated heterocycles. The first-order valence-corrected chi connectivity index (χ1v) is 10.2. The SMILES string of the molecule is Cc1cc(C(=O)COC(=O)Cn2c(=O)n(C)c3ccccc32)c(C)n1-c1nccs1. The minimum Gasteiger partial charge on any atom is -0.456 e. The third-order valence-electron chi connectivity index (χ3n) is 5.05. The number of Topliss-reactive ketones (excluding diaryl/α,β-unsaturated/α-hetero) is 1. The molecule has 0 bridgehead atoms. The molecular formula is C21H20N4O4S. The normalized spacial score (nSPS) is 11.2. The van der Waals surface area contributed by atoms with Gasteiger partial charge in [-0.2, -0.15) is 0 Å². The van der Waals surface area contributed by atoms with E-state index in [2.05, 4.69) is 4.98 Å². The Balaban J connectivity index is 1.48. The molecule has 3 heterocycles. The van der Waals surface area contributed by atoms with Gasteiger partial charge in [0.2, 0.25) is 5.78 Å². The van der Waals surface area contributed by atoms with Crippen molar-refractivity contribution in [3.63, 3.8) is 0 Å². The maximum absolute atomic E-state index is 12.7. The second kappa shape index (κ2) is 7.75. The van der Waals surface area contributed by atoms with Crippen LogP contribution in [0.1, 0.15) is 21.7 Å². The highest BCUT2D eigenvalue weighted by Crippen LogP contribution is 2.22. The summed E-state index contributed by atoms with van der Waals surface area (Å²) in [5, 5.41) is 2.64. The smallest absolute Gasteiger partial charge is 0.329 e. The zero-order valence-electron chi connectivity index (χ0n) is 16.8. The first-order valence-electron chi connectivity index (χ1n) is 9.30. The Morgan fingerprint density at radius 2 is 1.90 bits per heavy atom. The van der Waals surface area contributed by atoms with Crippen molar-refractivity contribution >= 4 is 34.1 Å². The zero-order chi connectivity index (χ0) is 21.4. The van der Waals surface area contributed by atoms with E-state index in [0.29, 0.717) is 11.1 Å². The van der Waals surface area contributed by atoms with Crippen LogP contribution in [-0.4, -0.2) is 37.0 Å². The average molecular weight is 424 g/mol. The van der Waals surface area contributed by atoms with E-state index in [9.17, 15) is 14.4 Å². The number of carbonyl (C=O) groups excluding carboxylic acids is 2. The van der Waals surface area contributed by atoms with Gasteiger partial charge in [0, 0.05) is 35.6 Å². The number of esters is 1. The Hall–Kier alpha value is -3.46. The zero-order valence-corrected chi connectivity index (χ0v) is 17.6. The van der Waals surface area contributed by atoms with Crippen LogP contribution in [0.4, 0.5) is 0 Å². The van der Waals surface area contributed by atoms with Gasteiger partial charge in [-0.3, -0.25) is 23.3 Å². The van der Waals surface area contributed by atoms with Crippen molar-refractivity contribution in [3.8, 4) is 5.13 Å². The summed E-state index contributed by atoms with van der Waals surface area (Å²) >= 11 is 1.47. The number of aryl methyl sites for hydroxylation is 2. The molecule has 0 aliphatic rings. The summed E-state index contributed by atoms with van der Waals surface area (Å²) < 4.78 is 9.91. The molecule has 8 nitrogen and oxygen atoms in total. The highest BCUT2D eigenvalue weighted by Gasteiger charge is 2.20. The number of imidazole rings is 1. The van der Waals surface area contributed by atoms with Crippen molar-refractivity contribution in [2.24, 2.45) is 7.05 Å². The molecule has 0 fully saturated rings. The van der Waals surface area contributed by atoms with Crippen molar-refractivity contribution in [2.75, 3.05) is 6.61 Å². The van der Waals surface area contributed by atoms with Crippen LogP contribution in [0.3, 0.4) is 0 Å². The molecule has 4 rings (SSSR count). The predicted octanol–water partition coefficient (Wildman–Crippen LogP) is 2.63. The highest BCUT2D eigenvalue weighted by molar-refractivity contribution is 7.12. The maximum Gasteiger partial charge on any atom is 0.329 e. The Morgan fingerprint density at radius 3 is 2.60 bits per heavy atom. The number of fused-ring (bicyclic) bond motifs is 1. The summed E-state index contributed by atoms with van der Waals surface area (Å²) in [6, 6.07) is 8.96. The van der Waals surface area contributed by atoms with E-state index in [1.54, 1.807) is 37.5 Å². The number of ether oxygens (including phenoxy) is 1. The van der Waals surface area contributed by atoms with Gasteiger partial charge in [0.05, 0.1) is 11.0 Å². The molecule has 0 unspecified atom stereocenters. The van der Waals surface area contributed by atoms with E-state index in [1.807, 2.05) is 29.9 Å². The molecule has 0 atom stereocenters. The minimum absolute atomic E-state index is 0.258. The summed E-state index contributed by atoms with van der Waals surface area (Å²) in [5.74, 6) is -0.944. The number of carbonyl (C=O) groups is 2. The van der Waals surface area contributed by atoms with Gasteiger partial charge in [-0.25, -0.2) is 9.78 Å². The number of benzene rings is 1. The quantitative estimate of drug-likeness (QED) is 0.351. The van der Waals surface area contributed by atoms with Crippen molar-refractivity contribution in [1.82, 2.24) is 18.7 Å². The van der Waals surface area contributed by atoms with Gasteiger partial charge in [0.15, 0.2) is 11.7 Å². The monoisotopic (exact) mass is 424 g/mol. The van der Waals surface area contributed by atoms with Crippen LogP contribution in [0.5, 0.6) is 0 Å². The summed E-state index contributed by atoms with van der Waals surface area (Å²) in [6.45, 7) is 3.08. The van der Waals surface area contributed by atoms with E-state index in [-0.39, 0.29) is 24.6 Å². The van der Waals surface area contributed by atoms with Crippen LogP contribution in [0.2, 0.25) is 0 Å². The Kier molecular flexibility index (Phi) is 5.13. The van der Waals surface area contributed by atoms with Crippen molar-refractivity contribution < 1.29 is 14.3 Å². The molecule has 0 aliphatic heterocycles. The average Bonchev–Trinajstić information content (AvgIpc) is 3.41. The largest absolute Gasteiger partial charge is 0.456 e. The van der Waals surface area contributed by atoms with E-state index in [4.69, 9.17) is 4.74 Å². The second-order valence-corrected chi connectivity index (χ2v) is 7.81. The van der Waals surface area contributed by atoms with Gasteiger partial charge in [-0.15, -0.1) is 11.3 Å². The van der Waals surface area contributed by atoms with Gasteiger partial charge < -0.3 is 4.74 Å². The molecule has 9 heteroatoms. The summed E-state index contributed by atoms with van der Waals surface area (Å²) in [6.07, 6.45) is 1.71. The van der Waals surface area contributed by atoms with Gasteiger partial charge in [-0.1, -0.05) is 12.1 Å². The summed E-state index contributed by atoms with van der Waals surface area (Å²) in [5.41, 5.74) is 3.15. The van der Waals surface area contributed by atoms with Crippen LogP contribution >= 0.6 is 11.3 Å². The lowest BCUT2D eigenvalue weighted by atomic mass is 10.1. The molecule has 0 spiro atoms. The van der Waals surface area contributed by atoms with Gasteiger partial charge in [0.1, 0.15) is 6.54 Å². The van der Waals surface area contributed by atoms with Gasteiger partial charge >= 0.3 is 11.7 Å². The molecule has 0 radical (unpaired) electrons. The lowest BCUT2D eigenvalue weighted by Gasteiger charge is -2.07. The number of rotatable bonds is 6. The van der Waals surface area contributed by atoms with E-state index in [0.717, 1.165) is 22.0 Å². The number of nitrogens with zero attached hydrogens (tertiary/aromatic N) is 4. The van der Waals surface area contributed by atoms with Crippen LogP contribution in [0.25, 0.3) is 16.2 Å². The number of aromatic nitrogens is 4. The van der Waals surface area contributed by atoms with E-state index >= 15 is 0 Å². The molecule has 0 amide bonds. The molecule has 0 aliphatic carbocycles. The van der Waals surface area contributed by atoms with Crippen LogP contribution in [0.15, 0.2) is 46.7 Å². The topological polar surface area (TPSA) is 88.1 Å². The molecule has 0 saturated carbocycles. The first-order chi connectivity index (χ1) is 14.4. The fourth-order valence-corrected chi connectivity index (χ4v) is 4.33. The molecular weight excluding hydrogens is 404 g/mol. The van der Waals surface area contributed by atoms with Crippen molar-refractivity contribution in [3.05, 3.63) is 69.3 Å². The minimum atomic E-state index is -0.643. The lowest BCUT2D eigenvalue weighted by Crippen LogP contribution is -2.27. The standard InChI is InChI=1S/C21H20N4O4S/c1-13-10-15(14(2)25(13)20-22-8-9-30-20)18(26)12-29-19(27)11-24-17-7-5-4-6-16(17)23(3)21(24)28/h4-10H,11-12H2,1-3H3. The first kappa shape index (κ1) is 19.8. The van der Waals surface area contributed by atoms with Crippen LogP contribution in [0, 0.1) is 13.8 Å². The molecule has 0 N–H and O–H groups in total. The molecule has 3 aromatic heterocycles. The number of para-hydroxylation sites is 2. The van der Waals surface area contributed by atoms with Gasteiger partial charge in [-0.05, 0) is 32.0 Å². The summed E-state index contributed by atoms with van der Waals surface area (Å²) in [7, 11) is 1.65. The number of hydrogen-bond donors (Lipinski definition) is 0. The number of thiazole rings is 1. The number of hydrogen-bond acceptors (Lipinski definition) is 6. The van der Waals surface area contributed by atoms with Crippen LogP contribution in [-0.2, 0) is 23.1 Å². The van der Waals surface area contributed by atoms with Crippen molar-refractivity contribution in [1.29, 1.82) is 0 Å². The van der Waals surface area contributed by atoms with E-state index < -0.39 is 5.97 Å². The fraction of sp³-hybridized carbons (Fsp3) is 0.238. The Morgan fingerprint density at radius 1 is 1.17 bits per heavy atom. The second-order valence-electron chi connectivity index (χ2n) is 6.94. The third kappa shape index (κ3) is 3.37. The van der Waals surface area contributed by atoms with Crippen molar-refractivity contribution in [2.45, 2.75) is 20.4 Å². The third-order valence-corrected chi connectivity index (χ3v) is 5.80. The van der Waals surface area contributed by atoms with Crippen LogP contribution < -0.4 is 5.69 Å². The molecule has 1 aromatic carbocycles. The predicted molar refractivity (Wildman–Crippen MR) is 113 cm³/mol. The molecule has 154 valence electrons. The fourth-order valence-electron chi connectivity index (χ4n) is 3.58. The number of ketones is 1. The lowest BCUT2D eigenvalue weighted by molar-refractivity contribution is -0.143. The molecule has 30 heavy (non-hydrogen) atoms. The Labute approximate surface area is 176 Å².